The van der Waals surface area contributed by atoms with Gasteiger partial charge in [0.15, 0.2) is 0 Å². The van der Waals surface area contributed by atoms with Gasteiger partial charge in [0.2, 0.25) is 0 Å². The standard InChI is InChI=1S/C11H15NO5/c1-6-8(11(15)16)2-7(17-6)3-12-4-9(13)10(14)5-12/h2,9-10,13-14H,3-5H2,1H3,(H,15,16). The maximum absolute atomic E-state index is 10.8. The number of aromatic carboxylic acids is 1. The first-order valence-electron chi connectivity index (χ1n) is 5.38. The SMILES string of the molecule is Cc1oc(CN2CC(O)C(O)C2)cc1C(=O)O. The molecule has 1 saturated heterocycles. The van der Waals surface area contributed by atoms with E-state index >= 15 is 0 Å². The molecule has 94 valence electrons. The zero-order chi connectivity index (χ0) is 12.6. The molecule has 2 atom stereocenters. The Balaban J connectivity index is 2.05. The minimum atomic E-state index is -1.01. The molecular formula is C11H15NO5. The molecular weight excluding hydrogens is 226 g/mol. The normalized spacial score (nSPS) is 25.4. The van der Waals surface area contributed by atoms with E-state index in [1.54, 1.807) is 6.92 Å². The number of rotatable bonds is 3. The summed E-state index contributed by atoms with van der Waals surface area (Å²) in [4.78, 5) is 12.6. The number of likely N-dealkylation sites (tertiary alicyclic amines) is 1. The molecule has 2 heterocycles. The quantitative estimate of drug-likeness (QED) is 0.680. The molecule has 1 aliphatic rings. The van der Waals surface area contributed by atoms with E-state index in [0.717, 1.165) is 0 Å². The lowest BCUT2D eigenvalue weighted by molar-refractivity contribution is 0.0572. The summed E-state index contributed by atoms with van der Waals surface area (Å²) < 4.78 is 5.32. The summed E-state index contributed by atoms with van der Waals surface area (Å²) in [7, 11) is 0. The highest BCUT2D eigenvalue weighted by Crippen LogP contribution is 2.19. The average Bonchev–Trinajstić information content (AvgIpc) is 2.72. The van der Waals surface area contributed by atoms with Crippen molar-refractivity contribution in [1.29, 1.82) is 0 Å². The predicted octanol–water partition coefficient (Wildman–Crippen LogP) is -0.176. The van der Waals surface area contributed by atoms with Crippen LogP contribution in [0.2, 0.25) is 0 Å². The molecule has 1 aliphatic heterocycles. The number of nitrogens with zero attached hydrogens (tertiary/aromatic N) is 1. The molecule has 6 nitrogen and oxygen atoms in total. The Hall–Kier alpha value is -1.37. The van der Waals surface area contributed by atoms with Gasteiger partial charge in [-0.15, -0.1) is 0 Å². The van der Waals surface area contributed by atoms with E-state index < -0.39 is 18.2 Å². The smallest absolute Gasteiger partial charge is 0.339 e. The molecule has 0 amide bonds. The topological polar surface area (TPSA) is 94.1 Å². The fourth-order valence-corrected chi connectivity index (χ4v) is 2.03. The molecule has 1 fully saturated rings. The van der Waals surface area contributed by atoms with Crippen LogP contribution < -0.4 is 0 Å². The van der Waals surface area contributed by atoms with Gasteiger partial charge in [0.25, 0.3) is 0 Å². The van der Waals surface area contributed by atoms with Gasteiger partial charge in [0, 0.05) is 13.1 Å². The zero-order valence-electron chi connectivity index (χ0n) is 9.46. The van der Waals surface area contributed by atoms with E-state index in [4.69, 9.17) is 9.52 Å². The third-order valence-electron chi connectivity index (χ3n) is 2.91. The molecule has 1 aromatic heterocycles. The van der Waals surface area contributed by atoms with Gasteiger partial charge in [0.1, 0.15) is 17.1 Å². The molecule has 17 heavy (non-hydrogen) atoms. The number of carboxylic acids is 1. The zero-order valence-corrected chi connectivity index (χ0v) is 9.46. The van der Waals surface area contributed by atoms with E-state index in [-0.39, 0.29) is 5.56 Å². The number of hydrogen-bond acceptors (Lipinski definition) is 5. The maximum atomic E-state index is 10.8. The number of furan rings is 1. The molecule has 6 heteroatoms. The van der Waals surface area contributed by atoms with Gasteiger partial charge < -0.3 is 19.7 Å². The van der Waals surface area contributed by atoms with E-state index in [2.05, 4.69) is 0 Å². The number of β-amino-alcohol motifs (C(OH)–C–C–N with tert-alkyl or cyclic N) is 2. The Kier molecular flexibility index (Phi) is 3.19. The first kappa shape index (κ1) is 12.1. The minimum absolute atomic E-state index is 0.153. The fraction of sp³-hybridized carbons (Fsp3) is 0.545. The number of carbonyl (C=O) groups is 1. The number of aliphatic hydroxyl groups excluding tert-OH is 2. The van der Waals surface area contributed by atoms with Crippen LogP contribution in [0, 0.1) is 6.92 Å². The van der Waals surface area contributed by atoms with Crippen LogP contribution in [0.15, 0.2) is 10.5 Å². The molecule has 0 spiro atoms. The molecule has 0 aliphatic carbocycles. The van der Waals surface area contributed by atoms with Crippen LogP contribution in [0.25, 0.3) is 0 Å². The number of carboxylic acid groups (broad SMARTS) is 1. The van der Waals surface area contributed by atoms with E-state index in [1.807, 2.05) is 4.90 Å². The van der Waals surface area contributed by atoms with Crippen LogP contribution in [0.1, 0.15) is 21.9 Å². The average molecular weight is 241 g/mol. The highest BCUT2D eigenvalue weighted by atomic mass is 16.4. The monoisotopic (exact) mass is 241 g/mol. The Morgan fingerprint density at radius 3 is 2.53 bits per heavy atom. The lowest BCUT2D eigenvalue weighted by Gasteiger charge is -2.11. The fourth-order valence-electron chi connectivity index (χ4n) is 2.03. The van der Waals surface area contributed by atoms with Crippen LogP contribution in [-0.2, 0) is 6.54 Å². The van der Waals surface area contributed by atoms with E-state index in [0.29, 0.717) is 31.2 Å². The predicted molar refractivity (Wildman–Crippen MR) is 57.7 cm³/mol. The maximum Gasteiger partial charge on any atom is 0.339 e. The van der Waals surface area contributed by atoms with Gasteiger partial charge in [-0.3, -0.25) is 4.90 Å². The van der Waals surface area contributed by atoms with Crippen molar-refractivity contribution < 1.29 is 24.5 Å². The van der Waals surface area contributed by atoms with Crippen molar-refractivity contribution in [2.24, 2.45) is 0 Å². The van der Waals surface area contributed by atoms with E-state index in [9.17, 15) is 15.0 Å². The van der Waals surface area contributed by atoms with Crippen LogP contribution in [0.3, 0.4) is 0 Å². The second kappa shape index (κ2) is 4.48. The lowest BCUT2D eigenvalue weighted by atomic mass is 10.2. The molecule has 0 aromatic carbocycles. The molecule has 0 radical (unpaired) electrons. The summed E-state index contributed by atoms with van der Waals surface area (Å²) in [5.74, 6) is -0.118. The third kappa shape index (κ3) is 2.49. The van der Waals surface area contributed by atoms with E-state index in [1.165, 1.54) is 6.07 Å². The van der Waals surface area contributed by atoms with Crippen LogP contribution >= 0.6 is 0 Å². The van der Waals surface area contributed by atoms with Crippen LogP contribution in [0.4, 0.5) is 0 Å². The molecule has 0 saturated carbocycles. The summed E-state index contributed by atoms with van der Waals surface area (Å²) in [5, 5.41) is 27.6. The van der Waals surface area contributed by atoms with Gasteiger partial charge >= 0.3 is 5.97 Å². The first-order chi connectivity index (χ1) is 7.97. The lowest BCUT2D eigenvalue weighted by Crippen LogP contribution is -2.22. The van der Waals surface area contributed by atoms with Gasteiger partial charge in [0.05, 0.1) is 18.8 Å². The molecule has 1 aromatic rings. The Bertz CT molecular complexity index is 417. The summed E-state index contributed by atoms with van der Waals surface area (Å²) in [6.45, 7) is 2.72. The van der Waals surface area contributed by atoms with Gasteiger partial charge in [-0.2, -0.15) is 0 Å². The van der Waals surface area contributed by atoms with Gasteiger partial charge in [-0.05, 0) is 13.0 Å². The molecule has 0 bridgehead atoms. The minimum Gasteiger partial charge on any atom is -0.478 e. The second-order valence-electron chi connectivity index (χ2n) is 4.32. The van der Waals surface area contributed by atoms with Crippen molar-refractivity contribution in [3.05, 3.63) is 23.2 Å². The van der Waals surface area contributed by atoms with Crippen LogP contribution in [-0.4, -0.2) is 51.5 Å². The summed E-state index contributed by atoms with van der Waals surface area (Å²) in [5.41, 5.74) is 0.153. The van der Waals surface area contributed by atoms with Crippen LogP contribution in [0.5, 0.6) is 0 Å². The van der Waals surface area contributed by atoms with Crippen molar-refractivity contribution in [2.45, 2.75) is 25.7 Å². The van der Waals surface area contributed by atoms with Gasteiger partial charge in [-0.25, -0.2) is 4.79 Å². The summed E-state index contributed by atoms with van der Waals surface area (Å²) in [6, 6.07) is 1.48. The number of hydrogen-bond donors (Lipinski definition) is 3. The molecule has 2 rings (SSSR count). The Morgan fingerprint density at radius 2 is 2.06 bits per heavy atom. The van der Waals surface area contributed by atoms with Crippen molar-refractivity contribution in [3.63, 3.8) is 0 Å². The van der Waals surface area contributed by atoms with Crippen molar-refractivity contribution in [2.75, 3.05) is 13.1 Å². The Labute approximate surface area is 98.1 Å². The largest absolute Gasteiger partial charge is 0.478 e. The molecule has 2 unspecified atom stereocenters. The molecule has 3 N–H and O–H groups in total. The van der Waals surface area contributed by atoms with Crippen molar-refractivity contribution in [1.82, 2.24) is 4.90 Å². The Morgan fingerprint density at radius 1 is 1.47 bits per heavy atom. The summed E-state index contributed by atoms with van der Waals surface area (Å²) >= 11 is 0. The first-order valence-corrected chi connectivity index (χ1v) is 5.38. The van der Waals surface area contributed by atoms with Crippen molar-refractivity contribution >= 4 is 5.97 Å². The summed E-state index contributed by atoms with van der Waals surface area (Å²) in [6.07, 6.45) is -1.49. The van der Waals surface area contributed by atoms with Gasteiger partial charge in [-0.1, -0.05) is 0 Å². The highest BCUT2D eigenvalue weighted by Gasteiger charge is 2.30. The number of aliphatic hydroxyl groups is 2. The number of aryl methyl sites for hydroxylation is 1. The highest BCUT2D eigenvalue weighted by molar-refractivity contribution is 5.88. The third-order valence-corrected chi connectivity index (χ3v) is 2.91. The second-order valence-corrected chi connectivity index (χ2v) is 4.32. The van der Waals surface area contributed by atoms with Crippen molar-refractivity contribution in [3.8, 4) is 0 Å².